The Morgan fingerprint density at radius 3 is 2.52 bits per heavy atom. The quantitative estimate of drug-likeness (QED) is 0.742. The van der Waals surface area contributed by atoms with E-state index in [0.717, 1.165) is 22.9 Å². The van der Waals surface area contributed by atoms with Gasteiger partial charge in [0.15, 0.2) is 0 Å². The predicted molar refractivity (Wildman–Crippen MR) is 99.2 cm³/mol. The van der Waals surface area contributed by atoms with Gasteiger partial charge in [-0.15, -0.1) is 0 Å². The molecular formula is C18H26BrN3O. The van der Waals surface area contributed by atoms with E-state index < -0.39 is 0 Å². The number of rotatable bonds is 3. The van der Waals surface area contributed by atoms with Crippen molar-refractivity contribution in [3.05, 3.63) is 40.5 Å². The topological polar surface area (TPSA) is 53.2 Å². The van der Waals surface area contributed by atoms with Gasteiger partial charge in [0.2, 0.25) is 0 Å². The Morgan fingerprint density at radius 2 is 1.91 bits per heavy atom. The monoisotopic (exact) mass is 379 g/mol. The van der Waals surface area contributed by atoms with E-state index in [1.165, 1.54) is 0 Å². The average molecular weight is 380 g/mol. The number of hydrogen-bond donors (Lipinski definition) is 3. The highest BCUT2D eigenvalue weighted by atomic mass is 79.9. The molecule has 1 aliphatic heterocycles. The molecule has 0 aromatic heterocycles. The number of carbonyl (C=O) groups is 1. The highest BCUT2D eigenvalue weighted by molar-refractivity contribution is 9.10. The van der Waals surface area contributed by atoms with E-state index in [0.29, 0.717) is 0 Å². The molecule has 0 saturated carbocycles. The molecule has 0 spiro atoms. The third kappa shape index (κ3) is 5.99. The normalized spacial score (nSPS) is 20.4. The van der Waals surface area contributed by atoms with Gasteiger partial charge in [0, 0.05) is 27.8 Å². The van der Waals surface area contributed by atoms with E-state index in [1.54, 1.807) is 6.20 Å². The summed E-state index contributed by atoms with van der Waals surface area (Å²) in [4.78, 5) is 12.1. The zero-order valence-corrected chi connectivity index (χ0v) is 15.8. The van der Waals surface area contributed by atoms with Crippen molar-refractivity contribution in [1.29, 1.82) is 0 Å². The van der Waals surface area contributed by atoms with Crippen LogP contribution in [0.25, 0.3) is 6.08 Å². The molecule has 5 heteroatoms. The fraction of sp³-hybridized carbons (Fsp3) is 0.500. The van der Waals surface area contributed by atoms with Crippen molar-refractivity contribution in [1.82, 2.24) is 16.0 Å². The lowest BCUT2D eigenvalue weighted by atomic mass is 9.80. The molecule has 0 atom stereocenters. The Bertz CT molecular complexity index is 580. The molecule has 1 heterocycles. The van der Waals surface area contributed by atoms with Gasteiger partial charge in [-0.05, 0) is 64.3 Å². The molecule has 0 radical (unpaired) electrons. The summed E-state index contributed by atoms with van der Waals surface area (Å²) >= 11 is 3.43. The van der Waals surface area contributed by atoms with Crippen molar-refractivity contribution < 1.29 is 4.79 Å². The maximum absolute atomic E-state index is 12.1. The molecule has 23 heavy (non-hydrogen) atoms. The van der Waals surface area contributed by atoms with Crippen LogP contribution in [-0.4, -0.2) is 23.2 Å². The number of hydrogen-bond acceptors (Lipinski definition) is 2. The standard InChI is InChI=1S/C18H26BrN3O/c1-17(2)11-15(12-18(3,4)22-17)21-16(23)20-9-8-13-6-5-7-14(19)10-13/h5-10,15,22H,11-12H2,1-4H3,(H2,20,21,23)/b9-8+. The van der Waals surface area contributed by atoms with Crippen LogP contribution in [0.1, 0.15) is 46.1 Å². The lowest BCUT2D eigenvalue weighted by Crippen LogP contribution is -2.62. The number of carbonyl (C=O) groups excluding carboxylic acids is 1. The first-order valence-corrected chi connectivity index (χ1v) is 8.73. The molecular weight excluding hydrogens is 354 g/mol. The van der Waals surface area contributed by atoms with Crippen molar-refractivity contribution in [3.63, 3.8) is 0 Å². The molecule has 1 aromatic rings. The number of halogens is 1. The van der Waals surface area contributed by atoms with Crippen LogP contribution < -0.4 is 16.0 Å². The second-order valence-corrected chi connectivity index (χ2v) is 8.42. The molecule has 0 unspecified atom stereocenters. The molecule has 1 fully saturated rings. The van der Waals surface area contributed by atoms with E-state index in [9.17, 15) is 4.79 Å². The molecule has 3 N–H and O–H groups in total. The largest absolute Gasteiger partial charge is 0.335 e. The first kappa shape index (κ1) is 18.0. The molecule has 2 rings (SSSR count). The Labute approximate surface area is 147 Å². The molecule has 1 aliphatic rings. The predicted octanol–water partition coefficient (Wildman–Crippen LogP) is 4.03. The Morgan fingerprint density at radius 1 is 1.26 bits per heavy atom. The van der Waals surface area contributed by atoms with Crippen molar-refractivity contribution in [3.8, 4) is 0 Å². The number of nitrogens with one attached hydrogen (secondary N) is 3. The lowest BCUT2D eigenvalue weighted by Gasteiger charge is -2.46. The van der Waals surface area contributed by atoms with Crippen LogP contribution in [0.3, 0.4) is 0 Å². The van der Waals surface area contributed by atoms with Crippen LogP contribution >= 0.6 is 15.9 Å². The van der Waals surface area contributed by atoms with Crippen LogP contribution in [0, 0.1) is 0 Å². The fourth-order valence-electron chi connectivity index (χ4n) is 3.48. The first-order chi connectivity index (χ1) is 10.7. The lowest BCUT2D eigenvalue weighted by molar-refractivity contribution is 0.148. The number of urea groups is 1. The highest BCUT2D eigenvalue weighted by Crippen LogP contribution is 2.28. The Hall–Kier alpha value is -1.33. The first-order valence-electron chi connectivity index (χ1n) is 7.94. The molecule has 0 aliphatic carbocycles. The second kappa shape index (κ2) is 7.05. The van der Waals surface area contributed by atoms with Gasteiger partial charge >= 0.3 is 6.03 Å². The number of piperidine rings is 1. The number of amides is 2. The van der Waals surface area contributed by atoms with Crippen molar-refractivity contribution in [2.75, 3.05) is 0 Å². The van der Waals surface area contributed by atoms with Crippen LogP contribution in [0.2, 0.25) is 0 Å². The average Bonchev–Trinajstić information content (AvgIpc) is 2.34. The van der Waals surface area contributed by atoms with E-state index in [1.807, 2.05) is 30.3 Å². The van der Waals surface area contributed by atoms with Crippen LogP contribution in [0.4, 0.5) is 4.79 Å². The summed E-state index contributed by atoms with van der Waals surface area (Å²) < 4.78 is 1.02. The summed E-state index contributed by atoms with van der Waals surface area (Å²) in [7, 11) is 0. The fourth-order valence-corrected chi connectivity index (χ4v) is 3.89. The summed E-state index contributed by atoms with van der Waals surface area (Å²) in [6, 6.07) is 7.92. The van der Waals surface area contributed by atoms with E-state index in [-0.39, 0.29) is 23.2 Å². The Kier molecular flexibility index (Phi) is 5.53. The van der Waals surface area contributed by atoms with Crippen molar-refractivity contribution in [2.24, 2.45) is 0 Å². The zero-order valence-electron chi connectivity index (χ0n) is 14.2. The third-order valence-electron chi connectivity index (χ3n) is 3.86. The summed E-state index contributed by atoms with van der Waals surface area (Å²) in [5.41, 5.74) is 1.07. The van der Waals surface area contributed by atoms with Gasteiger partial charge in [-0.2, -0.15) is 0 Å². The molecule has 0 bridgehead atoms. The number of benzene rings is 1. The van der Waals surface area contributed by atoms with Crippen LogP contribution in [0.5, 0.6) is 0 Å². The van der Waals surface area contributed by atoms with Gasteiger partial charge in [-0.1, -0.05) is 28.1 Å². The zero-order chi connectivity index (χ0) is 17.1. The van der Waals surface area contributed by atoms with Gasteiger partial charge < -0.3 is 16.0 Å². The Balaban J connectivity index is 1.87. The maximum Gasteiger partial charge on any atom is 0.318 e. The molecule has 126 valence electrons. The SMILES string of the molecule is CC1(C)CC(NC(=O)N/C=C/c2cccc(Br)c2)CC(C)(C)N1. The van der Waals surface area contributed by atoms with E-state index in [2.05, 4.69) is 59.6 Å². The van der Waals surface area contributed by atoms with Gasteiger partial charge in [0.1, 0.15) is 0 Å². The third-order valence-corrected chi connectivity index (χ3v) is 4.36. The summed E-state index contributed by atoms with van der Waals surface area (Å²) in [5, 5.41) is 9.48. The summed E-state index contributed by atoms with van der Waals surface area (Å²) in [5.74, 6) is 0. The molecule has 2 amide bonds. The van der Waals surface area contributed by atoms with Gasteiger partial charge in [0.25, 0.3) is 0 Å². The summed E-state index contributed by atoms with van der Waals surface area (Å²) in [6.07, 6.45) is 5.38. The maximum atomic E-state index is 12.1. The van der Waals surface area contributed by atoms with Crippen molar-refractivity contribution >= 4 is 28.0 Å². The van der Waals surface area contributed by atoms with Gasteiger partial charge in [-0.3, -0.25) is 0 Å². The van der Waals surface area contributed by atoms with Crippen molar-refractivity contribution in [2.45, 2.75) is 57.7 Å². The van der Waals surface area contributed by atoms with Crippen LogP contribution in [-0.2, 0) is 0 Å². The minimum absolute atomic E-state index is 0.0197. The highest BCUT2D eigenvalue weighted by Gasteiger charge is 2.38. The van der Waals surface area contributed by atoms with E-state index in [4.69, 9.17) is 0 Å². The minimum Gasteiger partial charge on any atom is -0.335 e. The summed E-state index contributed by atoms with van der Waals surface area (Å²) in [6.45, 7) is 8.70. The molecule has 4 nitrogen and oxygen atoms in total. The smallest absolute Gasteiger partial charge is 0.318 e. The van der Waals surface area contributed by atoms with Crippen LogP contribution in [0.15, 0.2) is 34.9 Å². The minimum atomic E-state index is -0.158. The van der Waals surface area contributed by atoms with E-state index >= 15 is 0 Å². The second-order valence-electron chi connectivity index (χ2n) is 7.50. The molecule has 1 aromatic carbocycles. The van der Waals surface area contributed by atoms with Gasteiger partial charge in [-0.25, -0.2) is 4.79 Å². The molecule has 1 saturated heterocycles. The van der Waals surface area contributed by atoms with Gasteiger partial charge in [0.05, 0.1) is 0 Å².